The molecule has 3 N–H and O–H groups in total. The number of rotatable bonds is 5. The first-order chi connectivity index (χ1) is 12.9. The molecule has 0 aliphatic carbocycles. The summed E-state index contributed by atoms with van der Waals surface area (Å²) in [5, 5.41) is 16.8. The molecule has 0 saturated carbocycles. The summed E-state index contributed by atoms with van der Waals surface area (Å²) >= 11 is 1.08. The van der Waals surface area contributed by atoms with Crippen LogP contribution in [0, 0.1) is 12.0 Å². The fourth-order valence-electron chi connectivity index (χ4n) is 2.80. The minimum Gasteiger partial charge on any atom is -0.517 e. The van der Waals surface area contributed by atoms with E-state index in [0.717, 1.165) is 17.3 Å². The highest BCUT2D eigenvalue weighted by atomic mass is 32.1. The van der Waals surface area contributed by atoms with E-state index >= 15 is 0 Å². The van der Waals surface area contributed by atoms with Crippen LogP contribution in [0.1, 0.15) is 32.4 Å². The van der Waals surface area contributed by atoms with E-state index in [1.807, 2.05) is 18.2 Å². The molecule has 0 spiro atoms. The third kappa shape index (κ3) is 4.18. The first kappa shape index (κ1) is 18.7. The van der Waals surface area contributed by atoms with Gasteiger partial charge in [0, 0.05) is 0 Å². The molecule has 0 aliphatic rings. The quantitative estimate of drug-likeness (QED) is 0.389. The fourth-order valence-corrected chi connectivity index (χ4v) is 3.27. The molecule has 0 amide bonds. The van der Waals surface area contributed by atoms with Crippen LogP contribution in [0.15, 0.2) is 48.5 Å². The average molecular weight is 379 g/mol. The molecule has 2 aromatic carbocycles. The van der Waals surface area contributed by atoms with Crippen molar-refractivity contribution in [2.75, 3.05) is 10.6 Å². The Bertz CT molecular complexity index is 956. The number of benzene rings is 2. The van der Waals surface area contributed by atoms with Gasteiger partial charge in [0.05, 0.1) is 30.0 Å². The van der Waals surface area contributed by atoms with Crippen LogP contribution < -0.4 is 10.6 Å². The molecule has 0 radical (unpaired) electrons. The maximum Gasteiger partial charge on any atom is 0.230 e. The van der Waals surface area contributed by atoms with Crippen LogP contribution in [-0.2, 0) is 0 Å². The summed E-state index contributed by atoms with van der Waals surface area (Å²) in [7, 11) is 0. The topological polar surface area (TPSA) is 74.4 Å². The predicted molar refractivity (Wildman–Crippen MR) is 110 cm³/mol. The van der Waals surface area contributed by atoms with Crippen molar-refractivity contribution in [3.63, 3.8) is 0 Å². The van der Waals surface area contributed by atoms with Crippen molar-refractivity contribution in [1.29, 1.82) is 0 Å². The van der Waals surface area contributed by atoms with Crippen molar-refractivity contribution < 1.29 is 5.11 Å². The van der Waals surface area contributed by atoms with Gasteiger partial charge >= 0.3 is 0 Å². The molecule has 1 aromatic heterocycles. The van der Waals surface area contributed by atoms with E-state index < -0.39 is 0 Å². The van der Waals surface area contributed by atoms with E-state index in [-0.39, 0.29) is 22.9 Å². The monoisotopic (exact) mass is 379 g/mol. The Labute approximate surface area is 163 Å². The fraction of sp³-hybridized carbons (Fsp3) is 0.250. The third-order valence-electron chi connectivity index (χ3n) is 4.16. The molecule has 27 heavy (non-hydrogen) atoms. The third-order valence-corrected chi connectivity index (χ3v) is 4.69. The second kappa shape index (κ2) is 7.64. The van der Waals surface area contributed by atoms with Gasteiger partial charge in [0.2, 0.25) is 5.69 Å². The predicted octanol–water partition coefficient (Wildman–Crippen LogP) is 5.74. The summed E-state index contributed by atoms with van der Waals surface area (Å²) in [5.41, 5.74) is 1.71. The Kier molecular flexibility index (Phi) is 5.28. The highest BCUT2D eigenvalue weighted by Gasteiger charge is 2.28. The number of nitrogens with one attached hydrogen (secondary N) is 2. The Balaban J connectivity index is 1.90. The number of nitrogens with zero attached hydrogens (tertiary/aromatic N) is 3. The molecule has 3 aromatic rings. The van der Waals surface area contributed by atoms with Crippen molar-refractivity contribution in [3.05, 3.63) is 65.5 Å². The Morgan fingerprint density at radius 3 is 2.41 bits per heavy atom. The summed E-state index contributed by atoms with van der Waals surface area (Å²) in [4.78, 5) is 3.31. The first-order valence-electron chi connectivity index (χ1n) is 8.50. The molecular weight excluding hydrogens is 358 g/mol. The van der Waals surface area contributed by atoms with Crippen LogP contribution in [0.3, 0.4) is 0 Å². The molecule has 0 bridgehead atoms. The van der Waals surface area contributed by atoms with Gasteiger partial charge in [0.25, 0.3) is 0 Å². The number of aromatic hydroxyl groups is 1. The van der Waals surface area contributed by atoms with Gasteiger partial charge in [-0.15, -0.1) is 0 Å². The minimum atomic E-state index is -0.0955. The molecular formula is C20H21N5OS. The number of phenolic OH excluding ortho intramolecular Hbond substituents is 1. The summed E-state index contributed by atoms with van der Waals surface area (Å²) in [5.74, 6) is 1.03. The molecule has 1 heterocycles. The van der Waals surface area contributed by atoms with Gasteiger partial charge in [-0.2, -0.15) is 8.75 Å². The molecule has 1 unspecified atom stereocenters. The Morgan fingerprint density at radius 1 is 1.04 bits per heavy atom. The molecule has 3 rings (SSSR count). The van der Waals surface area contributed by atoms with Crippen LogP contribution in [-0.4, -0.2) is 13.9 Å². The van der Waals surface area contributed by atoms with Gasteiger partial charge in [0.15, 0.2) is 11.6 Å². The van der Waals surface area contributed by atoms with Gasteiger partial charge in [-0.05, 0) is 17.0 Å². The molecule has 138 valence electrons. The van der Waals surface area contributed by atoms with E-state index in [4.69, 9.17) is 6.57 Å². The molecule has 7 heteroatoms. The minimum absolute atomic E-state index is 0.0197. The van der Waals surface area contributed by atoms with E-state index in [9.17, 15) is 5.11 Å². The van der Waals surface area contributed by atoms with E-state index in [1.165, 1.54) is 0 Å². The maximum atomic E-state index is 10.2. The van der Waals surface area contributed by atoms with Gasteiger partial charge < -0.3 is 15.7 Å². The standard InChI is InChI=1S/C20H21N5OS/c1-20(2,3)17(13-9-6-5-7-10-13)23-19-18(24-27-25-19)22-15-12-8-11-14(21-4)16(15)26/h5-12,17,26H,1-3H3,(H,22,24)(H,23,25). The lowest BCUT2D eigenvalue weighted by Crippen LogP contribution is -2.26. The van der Waals surface area contributed by atoms with Gasteiger partial charge in [-0.3, -0.25) is 0 Å². The van der Waals surface area contributed by atoms with Crippen molar-refractivity contribution in [3.8, 4) is 5.75 Å². The van der Waals surface area contributed by atoms with Crippen LogP contribution in [0.2, 0.25) is 0 Å². The van der Waals surface area contributed by atoms with Crippen LogP contribution in [0.5, 0.6) is 5.75 Å². The van der Waals surface area contributed by atoms with Gasteiger partial charge in [0.1, 0.15) is 5.75 Å². The van der Waals surface area contributed by atoms with Crippen LogP contribution in [0.4, 0.5) is 23.0 Å². The zero-order valence-corrected chi connectivity index (χ0v) is 16.2. The average Bonchev–Trinajstić information content (AvgIpc) is 3.08. The molecule has 0 fully saturated rings. The summed E-state index contributed by atoms with van der Waals surface area (Å²) in [6.07, 6.45) is 0. The summed E-state index contributed by atoms with van der Waals surface area (Å²) < 4.78 is 8.68. The van der Waals surface area contributed by atoms with E-state index in [2.05, 4.69) is 57.1 Å². The number of aromatic nitrogens is 2. The van der Waals surface area contributed by atoms with Crippen molar-refractivity contribution in [2.45, 2.75) is 26.8 Å². The lowest BCUT2D eigenvalue weighted by molar-refractivity contribution is 0.347. The highest BCUT2D eigenvalue weighted by molar-refractivity contribution is 6.99. The SMILES string of the molecule is [C-]#[N+]c1cccc(Nc2nsnc2NC(c2ccccc2)C(C)(C)C)c1O. The molecule has 0 aliphatic heterocycles. The number of hydrogen-bond donors (Lipinski definition) is 3. The first-order valence-corrected chi connectivity index (χ1v) is 9.23. The highest BCUT2D eigenvalue weighted by Crippen LogP contribution is 2.39. The normalized spacial score (nSPS) is 12.2. The summed E-state index contributed by atoms with van der Waals surface area (Å²) in [6.45, 7) is 13.6. The number of phenols is 1. The van der Waals surface area contributed by atoms with Crippen molar-refractivity contribution in [1.82, 2.24) is 8.75 Å². The number of anilines is 3. The maximum absolute atomic E-state index is 10.2. The van der Waals surface area contributed by atoms with Crippen LogP contribution in [0.25, 0.3) is 4.85 Å². The largest absolute Gasteiger partial charge is 0.517 e. The molecule has 1 atom stereocenters. The second-order valence-corrected chi connectivity index (χ2v) is 7.75. The van der Waals surface area contributed by atoms with Gasteiger partial charge in [-0.1, -0.05) is 63.2 Å². The molecule has 0 saturated heterocycles. The van der Waals surface area contributed by atoms with Crippen LogP contribution >= 0.6 is 11.7 Å². The second-order valence-electron chi connectivity index (χ2n) is 7.23. The number of para-hydroxylation sites is 1. The lowest BCUT2D eigenvalue weighted by atomic mass is 9.82. The van der Waals surface area contributed by atoms with Crippen molar-refractivity contribution in [2.24, 2.45) is 5.41 Å². The Hall–Kier alpha value is -3.11. The van der Waals surface area contributed by atoms with Gasteiger partial charge in [-0.25, -0.2) is 4.85 Å². The van der Waals surface area contributed by atoms with E-state index in [1.54, 1.807) is 18.2 Å². The zero-order chi connectivity index (χ0) is 19.4. The molecule has 6 nitrogen and oxygen atoms in total. The Morgan fingerprint density at radius 2 is 1.74 bits per heavy atom. The zero-order valence-electron chi connectivity index (χ0n) is 15.4. The lowest BCUT2D eigenvalue weighted by Gasteiger charge is -2.32. The smallest absolute Gasteiger partial charge is 0.230 e. The van der Waals surface area contributed by atoms with Crippen molar-refractivity contribution >= 4 is 34.7 Å². The van der Waals surface area contributed by atoms with E-state index in [0.29, 0.717) is 17.3 Å². The number of hydrogen-bond acceptors (Lipinski definition) is 6. The summed E-state index contributed by atoms with van der Waals surface area (Å²) in [6, 6.07) is 15.2.